The van der Waals surface area contributed by atoms with Crippen molar-refractivity contribution in [3.63, 3.8) is 0 Å². The highest BCUT2D eigenvalue weighted by Gasteiger charge is 2.25. The Hall–Kier alpha value is -2.32. The average molecular weight is 344 g/mol. The van der Waals surface area contributed by atoms with Gasteiger partial charge in [0, 0.05) is 13.5 Å². The van der Waals surface area contributed by atoms with Crippen molar-refractivity contribution >= 4 is 23.8 Å². The van der Waals surface area contributed by atoms with E-state index in [-0.39, 0.29) is 18.4 Å². The Bertz CT molecular complexity index is 453. The minimum absolute atomic E-state index is 0.182. The number of nitrogens with two attached hydrogens (primary N) is 1. The van der Waals surface area contributed by atoms with E-state index < -0.39 is 30.0 Å². The smallest absolute Gasteiger partial charge is 0.404 e. The van der Waals surface area contributed by atoms with E-state index in [0.29, 0.717) is 25.7 Å². The SMILES string of the molecule is CC(=O)NC(CC(C)C)C(=O)NC(CCCCNC(=O)O)C(N)=O. The molecule has 0 rings (SSSR count). The van der Waals surface area contributed by atoms with Crippen LogP contribution >= 0.6 is 0 Å². The number of amides is 4. The van der Waals surface area contributed by atoms with Crippen molar-refractivity contribution in [2.45, 2.75) is 58.5 Å². The molecule has 24 heavy (non-hydrogen) atoms. The van der Waals surface area contributed by atoms with E-state index >= 15 is 0 Å². The zero-order chi connectivity index (χ0) is 18.7. The van der Waals surface area contributed by atoms with Crippen molar-refractivity contribution < 1.29 is 24.3 Å². The van der Waals surface area contributed by atoms with Gasteiger partial charge in [-0.25, -0.2) is 4.79 Å². The second kappa shape index (κ2) is 11.3. The summed E-state index contributed by atoms with van der Waals surface area (Å²) in [6.45, 7) is 5.42. The lowest BCUT2D eigenvalue weighted by Crippen LogP contribution is -2.53. The molecule has 0 aliphatic carbocycles. The van der Waals surface area contributed by atoms with Crippen LogP contribution in [0.25, 0.3) is 0 Å². The average Bonchev–Trinajstić information content (AvgIpc) is 2.43. The number of primary amides is 1. The summed E-state index contributed by atoms with van der Waals surface area (Å²) in [6, 6.07) is -1.58. The van der Waals surface area contributed by atoms with Crippen molar-refractivity contribution in [3.8, 4) is 0 Å². The van der Waals surface area contributed by atoms with E-state index in [1.807, 2.05) is 13.8 Å². The van der Waals surface area contributed by atoms with Gasteiger partial charge >= 0.3 is 6.09 Å². The van der Waals surface area contributed by atoms with E-state index in [9.17, 15) is 19.2 Å². The molecule has 138 valence electrons. The molecule has 2 unspecified atom stereocenters. The number of hydrogen-bond acceptors (Lipinski definition) is 4. The summed E-state index contributed by atoms with van der Waals surface area (Å²) >= 11 is 0. The summed E-state index contributed by atoms with van der Waals surface area (Å²) in [5, 5.41) is 15.8. The van der Waals surface area contributed by atoms with Gasteiger partial charge in [0.05, 0.1) is 0 Å². The van der Waals surface area contributed by atoms with E-state index in [1.54, 1.807) is 0 Å². The highest BCUT2D eigenvalue weighted by Crippen LogP contribution is 2.07. The molecule has 0 fully saturated rings. The molecule has 0 aliphatic heterocycles. The first-order valence-corrected chi connectivity index (χ1v) is 7.97. The molecule has 9 heteroatoms. The lowest BCUT2D eigenvalue weighted by Gasteiger charge is -2.22. The van der Waals surface area contributed by atoms with Gasteiger partial charge in [-0.2, -0.15) is 0 Å². The van der Waals surface area contributed by atoms with Gasteiger partial charge in [0.25, 0.3) is 0 Å². The van der Waals surface area contributed by atoms with Crippen LogP contribution in [-0.4, -0.2) is 47.5 Å². The zero-order valence-corrected chi connectivity index (χ0v) is 14.4. The Kier molecular flexibility index (Phi) is 10.2. The summed E-state index contributed by atoms with van der Waals surface area (Å²) < 4.78 is 0. The Balaban J connectivity index is 4.54. The molecule has 0 aromatic rings. The van der Waals surface area contributed by atoms with Gasteiger partial charge in [-0.05, 0) is 31.6 Å². The van der Waals surface area contributed by atoms with Crippen LogP contribution in [0.5, 0.6) is 0 Å². The largest absolute Gasteiger partial charge is 0.465 e. The molecule has 0 saturated heterocycles. The van der Waals surface area contributed by atoms with Crippen LogP contribution in [0.2, 0.25) is 0 Å². The van der Waals surface area contributed by atoms with Crippen LogP contribution < -0.4 is 21.7 Å². The molecule has 4 amide bonds. The summed E-state index contributed by atoms with van der Waals surface area (Å²) in [4.78, 5) is 45.3. The third-order valence-corrected chi connectivity index (χ3v) is 3.26. The number of carboxylic acid groups (broad SMARTS) is 1. The first-order valence-electron chi connectivity index (χ1n) is 7.97. The van der Waals surface area contributed by atoms with Gasteiger partial charge in [0.1, 0.15) is 12.1 Å². The molecular weight excluding hydrogens is 316 g/mol. The number of unbranched alkanes of at least 4 members (excludes halogenated alkanes) is 1. The van der Waals surface area contributed by atoms with Gasteiger partial charge in [-0.15, -0.1) is 0 Å². The summed E-state index contributed by atoms with van der Waals surface area (Å²) in [6.07, 6.45) is 0.675. The molecule has 0 aliphatic rings. The Morgan fingerprint density at radius 3 is 2.12 bits per heavy atom. The summed E-state index contributed by atoms with van der Waals surface area (Å²) in [5.74, 6) is -1.26. The molecule has 0 bridgehead atoms. The maximum atomic E-state index is 12.3. The fourth-order valence-corrected chi connectivity index (χ4v) is 2.17. The van der Waals surface area contributed by atoms with Crippen molar-refractivity contribution in [2.24, 2.45) is 11.7 Å². The molecule has 9 nitrogen and oxygen atoms in total. The highest BCUT2D eigenvalue weighted by molar-refractivity contribution is 5.91. The van der Waals surface area contributed by atoms with Crippen molar-refractivity contribution in [2.75, 3.05) is 6.54 Å². The lowest BCUT2D eigenvalue weighted by molar-refractivity contribution is -0.131. The quantitative estimate of drug-likeness (QED) is 0.333. The minimum Gasteiger partial charge on any atom is -0.465 e. The monoisotopic (exact) mass is 344 g/mol. The first-order chi connectivity index (χ1) is 11.1. The molecule has 2 atom stereocenters. The maximum Gasteiger partial charge on any atom is 0.404 e. The van der Waals surface area contributed by atoms with E-state index in [0.717, 1.165) is 0 Å². The maximum absolute atomic E-state index is 12.3. The van der Waals surface area contributed by atoms with E-state index in [2.05, 4.69) is 16.0 Å². The van der Waals surface area contributed by atoms with Crippen LogP contribution in [0.4, 0.5) is 4.79 Å². The molecule has 6 N–H and O–H groups in total. The van der Waals surface area contributed by atoms with Crippen molar-refractivity contribution in [1.29, 1.82) is 0 Å². The number of rotatable bonds is 11. The molecule has 0 saturated carbocycles. The zero-order valence-electron chi connectivity index (χ0n) is 14.4. The van der Waals surface area contributed by atoms with Crippen LogP contribution in [-0.2, 0) is 14.4 Å². The van der Waals surface area contributed by atoms with Gasteiger partial charge in [0.15, 0.2) is 0 Å². The minimum atomic E-state index is -1.11. The third-order valence-electron chi connectivity index (χ3n) is 3.26. The van der Waals surface area contributed by atoms with E-state index in [4.69, 9.17) is 10.8 Å². The van der Waals surface area contributed by atoms with Crippen LogP contribution in [0.1, 0.15) is 46.5 Å². The van der Waals surface area contributed by atoms with E-state index in [1.165, 1.54) is 6.92 Å². The van der Waals surface area contributed by atoms with Crippen molar-refractivity contribution in [1.82, 2.24) is 16.0 Å². The summed E-state index contributed by atoms with van der Waals surface area (Å²) in [7, 11) is 0. The number of carbonyl (C=O) groups excluding carboxylic acids is 3. The van der Waals surface area contributed by atoms with Crippen molar-refractivity contribution in [3.05, 3.63) is 0 Å². The predicted octanol–water partition coefficient (Wildman–Crippen LogP) is -0.0548. The molecule has 0 aromatic carbocycles. The predicted molar refractivity (Wildman–Crippen MR) is 88.1 cm³/mol. The number of hydrogen-bond donors (Lipinski definition) is 5. The number of nitrogens with one attached hydrogen (secondary N) is 3. The molecule has 0 heterocycles. The number of carbonyl (C=O) groups is 4. The van der Waals surface area contributed by atoms with Gasteiger partial charge in [0.2, 0.25) is 17.7 Å². The highest BCUT2D eigenvalue weighted by atomic mass is 16.4. The Labute approximate surface area is 141 Å². The Morgan fingerprint density at radius 1 is 1.04 bits per heavy atom. The van der Waals surface area contributed by atoms with Crippen LogP contribution in [0.15, 0.2) is 0 Å². The molecule has 0 radical (unpaired) electrons. The third kappa shape index (κ3) is 10.4. The van der Waals surface area contributed by atoms with Crippen LogP contribution in [0.3, 0.4) is 0 Å². The molecule has 0 spiro atoms. The fourth-order valence-electron chi connectivity index (χ4n) is 2.17. The topological polar surface area (TPSA) is 151 Å². The second-order valence-corrected chi connectivity index (χ2v) is 6.07. The standard InChI is InChI=1S/C15H28N4O5/c1-9(2)8-12(18-10(3)20)14(22)19-11(13(16)21)6-4-5-7-17-15(23)24/h9,11-12,17H,4-8H2,1-3H3,(H2,16,21)(H,18,20)(H,19,22)(H,23,24). The van der Waals surface area contributed by atoms with Gasteiger partial charge in [-0.1, -0.05) is 13.8 Å². The lowest BCUT2D eigenvalue weighted by atomic mass is 10.0. The van der Waals surface area contributed by atoms with Crippen LogP contribution in [0, 0.1) is 5.92 Å². The van der Waals surface area contributed by atoms with Gasteiger partial charge < -0.3 is 26.8 Å². The second-order valence-electron chi connectivity index (χ2n) is 6.07. The normalized spacial score (nSPS) is 13.0. The molecule has 0 aromatic heterocycles. The molecular formula is C15H28N4O5. The fraction of sp³-hybridized carbons (Fsp3) is 0.733. The van der Waals surface area contributed by atoms with Gasteiger partial charge in [-0.3, -0.25) is 14.4 Å². The Morgan fingerprint density at radius 2 is 1.67 bits per heavy atom. The summed E-state index contributed by atoms with van der Waals surface area (Å²) in [5.41, 5.74) is 5.30. The first kappa shape index (κ1) is 21.7.